The van der Waals surface area contributed by atoms with Crippen LogP contribution in [0.2, 0.25) is 0 Å². The Morgan fingerprint density at radius 3 is 2.23 bits per heavy atom. The highest BCUT2D eigenvalue weighted by Gasteiger charge is 2.44. The number of hydrogen-bond donors (Lipinski definition) is 0. The van der Waals surface area contributed by atoms with Crippen LogP contribution in [0.1, 0.15) is 70.8 Å². The Hall–Kier alpha value is -1.62. The third-order valence-electron chi connectivity index (χ3n) is 7.02. The van der Waals surface area contributed by atoms with Gasteiger partial charge in [-0.3, -0.25) is 9.59 Å². The minimum Gasteiger partial charge on any atom is -0.465 e. The first-order valence-corrected chi connectivity index (χ1v) is 9.95. The number of ketones is 1. The molecule has 2 fully saturated rings. The fraction of sp³-hybridized carbons (Fsp3) is 0.714. The summed E-state index contributed by atoms with van der Waals surface area (Å²) >= 11 is 0. The van der Waals surface area contributed by atoms with Gasteiger partial charge in [0.25, 0.3) is 5.91 Å². The highest BCUT2D eigenvalue weighted by atomic mass is 16.3. The van der Waals surface area contributed by atoms with Crippen molar-refractivity contribution >= 4 is 11.7 Å². The molecule has 5 heteroatoms. The topological polar surface area (TPSA) is 53.8 Å². The molecule has 0 aromatic carbocycles. The van der Waals surface area contributed by atoms with Gasteiger partial charge < -0.3 is 14.2 Å². The van der Waals surface area contributed by atoms with Gasteiger partial charge in [-0.25, -0.2) is 0 Å². The minimum atomic E-state index is -0.0307. The molecule has 2 unspecified atom stereocenters. The van der Waals surface area contributed by atoms with E-state index in [0.717, 1.165) is 37.5 Å². The van der Waals surface area contributed by atoms with E-state index in [4.69, 9.17) is 4.42 Å². The van der Waals surface area contributed by atoms with Gasteiger partial charge >= 0.3 is 0 Å². The van der Waals surface area contributed by atoms with Gasteiger partial charge in [0.05, 0.1) is 11.1 Å². The number of hydrogen-bond acceptors (Lipinski definition) is 4. The number of carbonyl (C=O) groups excluding carboxylic acids is 2. The van der Waals surface area contributed by atoms with E-state index in [1.54, 1.807) is 0 Å². The summed E-state index contributed by atoms with van der Waals surface area (Å²) in [6.07, 6.45) is 6.77. The van der Waals surface area contributed by atoms with E-state index in [2.05, 4.69) is 19.0 Å². The van der Waals surface area contributed by atoms with Crippen LogP contribution in [0.5, 0.6) is 0 Å². The molecule has 4 rings (SSSR count). The average Bonchev–Trinajstić information content (AvgIpc) is 3.24. The van der Waals surface area contributed by atoms with Gasteiger partial charge in [-0.2, -0.15) is 0 Å². The lowest BCUT2D eigenvalue weighted by Gasteiger charge is -2.27. The molecule has 142 valence electrons. The van der Waals surface area contributed by atoms with Crippen LogP contribution in [0.25, 0.3) is 0 Å². The first-order valence-electron chi connectivity index (χ1n) is 9.95. The number of furan rings is 1. The zero-order valence-corrected chi connectivity index (χ0v) is 16.4. The summed E-state index contributed by atoms with van der Waals surface area (Å²) < 4.78 is 5.78. The zero-order valence-electron chi connectivity index (χ0n) is 16.4. The minimum absolute atomic E-state index is 0.0307. The number of nitrogens with zero attached hydrogens (tertiary/aromatic N) is 2. The molecule has 3 aliphatic rings. The van der Waals surface area contributed by atoms with Gasteiger partial charge in [0.2, 0.25) is 0 Å². The molecule has 3 aliphatic carbocycles. The fourth-order valence-electron chi connectivity index (χ4n) is 5.50. The summed E-state index contributed by atoms with van der Waals surface area (Å²) in [7, 11) is 6.24. The molecule has 26 heavy (non-hydrogen) atoms. The van der Waals surface area contributed by atoms with Crippen molar-refractivity contribution in [2.24, 2.45) is 11.8 Å². The summed E-state index contributed by atoms with van der Waals surface area (Å²) in [5.74, 6) is 2.81. The Balaban J connectivity index is 1.51. The van der Waals surface area contributed by atoms with Gasteiger partial charge in [-0.1, -0.05) is 0 Å². The second-order valence-corrected chi connectivity index (χ2v) is 8.76. The maximum absolute atomic E-state index is 13.2. The molecular formula is C21H30N2O3. The number of carbonyl (C=O) groups is 2. The summed E-state index contributed by atoms with van der Waals surface area (Å²) in [4.78, 5) is 29.9. The van der Waals surface area contributed by atoms with Crippen molar-refractivity contribution in [2.45, 2.75) is 64.0 Å². The molecule has 1 aromatic rings. The fourth-order valence-corrected chi connectivity index (χ4v) is 5.50. The van der Waals surface area contributed by atoms with Gasteiger partial charge in [0.1, 0.15) is 11.5 Å². The first kappa shape index (κ1) is 17.8. The van der Waals surface area contributed by atoms with E-state index in [-0.39, 0.29) is 17.7 Å². The number of rotatable bonds is 3. The van der Waals surface area contributed by atoms with Crippen LogP contribution < -0.4 is 0 Å². The summed E-state index contributed by atoms with van der Waals surface area (Å²) in [5, 5.41) is 0. The van der Waals surface area contributed by atoms with Crippen molar-refractivity contribution in [1.82, 2.24) is 9.80 Å². The van der Waals surface area contributed by atoms with E-state index in [9.17, 15) is 9.59 Å². The molecule has 5 nitrogen and oxygen atoms in total. The maximum atomic E-state index is 13.2. The van der Waals surface area contributed by atoms with Crippen molar-refractivity contribution in [2.75, 3.05) is 21.1 Å². The van der Waals surface area contributed by atoms with Gasteiger partial charge in [-0.15, -0.1) is 0 Å². The van der Waals surface area contributed by atoms with E-state index in [1.165, 1.54) is 12.8 Å². The van der Waals surface area contributed by atoms with E-state index >= 15 is 0 Å². The van der Waals surface area contributed by atoms with Gasteiger partial charge in [0, 0.05) is 32.0 Å². The predicted octanol–water partition coefficient (Wildman–Crippen LogP) is 3.30. The lowest BCUT2D eigenvalue weighted by molar-refractivity contribution is 0.0719. The molecule has 4 atom stereocenters. The third kappa shape index (κ3) is 2.81. The van der Waals surface area contributed by atoms with E-state index in [0.29, 0.717) is 35.1 Å². The van der Waals surface area contributed by atoms with Crippen molar-refractivity contribution < 1.29 is 14.0 Å². The van der Waals surface area contributed by atoms with Crippen LogP contribution in [0.15, 0.2) is 4.42 Å². The molecule has 1 amide bonds. The molecule has 1 aromatic heterocycles. The molecule has 0 radical (unpaired) electrons. The lowest BCUT2D eigenvalue weighted by Crippen LogP contribution is -2.37. The first-order chi connectivity index (χ1) is 12.4. The SMILES string of the molecule is Cc1oc2c(c1C(=O)N(C)C1C[C@H]3CC(N(C)C)C[C@H]3C1)C(=O)CCC2. The number of Topliss-reactive ketones (excluding diaryl/α,β-unsaturated/α-hetero) is 1. The average molecular weight is 358 g/mol. The Morgan fingerprint density at radius 1 is 1.00 bits per heavy atom. The summed E-state index contributed by atoms with van der Waals surface area (Å²) in [6, 6.07) is 0.969. The monoisotopic (exact) mass is 358 g/mol. The van der Waals surface area contributed by atoms with Gasteiger partial charge in [0.15, 0.2) is 5.78 Å². The Bertz CT molecular complexity index is 722. The summed E-state index contributed by atoms with van der Waals surface area (Å²) in [5.41, 5.74) is 1.09. The third-order valence-corrected chi connectivity index (χ3v) is 7.02. The molecule has 0 aliphatic heterocycles. The Labute approximate surface area is 155 Å². The van der Waals surface area contributed by atoms with Crippen LogP contribution in [-0.4, -0.2) is 54.7 Å². The van der Waals surface area contributed by atoms with Gasteiger partial charge in [-0.05, 0) is 65.0 Å². The highest BCUT2D eigenvalue weighted by molar-refractivity contribution is 6.10. The number of aryl methyl sites for hydroxylation is 2. The largest absolute Gasteiger partial charge is 0.465 e. The highest BCUT2D eigenvalue weighted by Crippen LogP contribution is 2.47. The normalized spacial score (nSPS) is 30.6. The molecule has 0 bridgehead atoms. The number of fused-ring (bicyclic) bond motifs is 2. The molecule has 1 heterocycles. The van der Waals surface area contributed by atoms with Crippen molar-refractivity contribution in [3.8, 4) is 0 Å². The van der Waals surface area contributed by atoms with Crippen LogP contribution in [0.4, 0.5) is 0 Å². The molecule has 0 N–H and O–H groups in total. The van der Waals surface area contributed by atoms with E-state index in [1.807, 2.05) is 18.9 Å². The maximum Gasteiger partial charge on any atom is 0.258 e. The Morgan fingerprint density at radius 2 is 1.62 bits per heavy atom. The second kappa shape index (κ2) is 6.52. The van der Waals surface area contributed by atoms with Crippen LogP contribution >= 0.6 is 0 Å². The van der Waals surface area contributed by atoms with E-state index < -0.39 is 0 Å². The quantitative estimate of drug-likeness (QED) is 0.832. The molecule has 2 saturated carbocycles. The van der Waals surface area contributed by atoms with Crippen molar-refractivity contribution in [3.63, 3.8) is 0 Å². The standard InChI is InChI=1S/C21H30N2O3/c1-12-19(20-17(24)6-5-7-18(20)26-12)21(25)23(4)16-10-13-8-15(22(2)3)9-14(13)11-16/h13-16H,5-11H2,1-4H3/t13-,14+,15?,16?. The van der Waals surface area contributed by atoms with Crippen LogP contribution in [0, 0.1) is 18.8 Å². The predicted molar refractivity (Wildman–Crippen MR) is 99.5 cm³/mol. The van der Waals surface area contributed by atoms with Crippen LogP contribution in [-0.2, 0) is 6.42 Å². The Kier molecular flexibility index (Phi) is 4.46. The summed E-state index contributed by atoms with van der Waals surface area (Å²) in [6.45, 7) is 1.82. The van der Waals surface area contributed by atoms with Crippen LogP contribution in [0.3, 0.4) is 0 Å². The van der Waals surface area contributed by atoms with Crippen molar-refractivity contribution in [3.05, 3.63) is 22.6 Å². The molecule has 0 spiro atoms. The number of amides is 1. The lowest BCUT2D eigenvalue weighted by atomic mass is 9.92. The van der Waals surface area contributed by atoms with Crippen molar-refractivity contribution in [1.29, 1.82) is 0 Å². The second-order valence-electron chi connectivity index (χ2n) is 8.76. The smallest absolute Gasteiger partial charge is 0.258 e. The molecular weight excluding hydrogens is 328 g/mol. The molecule has 0 saturated heterocycles. The zero-order chi connectivity index (χ0) is 18.6.